The summed E-state index contributed by atoms with van der Waals surface area (Å²) >= 11 is 5.39. The first-order valence-corrected chi connectivity index (χ1v) is 4.84. The van der Waals surface area contributed by atoms with E-state index in [0.717, 1.165) is 6.20 Å². The molecule has 2 N–H and O–H groups in total. The van der Waals surface area contributed by atoms with Crippen LogP contribution in [0.15, 0.2) is 18.3 Å². The Kier molecular flexibility index (Phi) is 3.84. The normalized spacial score (nSPS) is 9.94. The predicted octanol–water partition coefficient (Wildman–Crippen LogP) is 2.33. The highest BCUT2D eigenvalue weighted by atomic mass is 35.5. The summed E-state index contributed by atoms with van der Waals surface area (Å²) in [6.45, 7) is 5.23. The molecule has 0 atom stereocenters. The van der Waals surface area contributed by atoms with Gasteiger partial charge in [0.05, 0.1) is 6.20 Å². The highest BCUT2D eigenvalue weighted by molar-refractivity contribution is 6.29. The maximum Gasteiger partial charge on any atom is 0.338 e. The van der Waals surface area contributed by atoms with Crippen molar-refractivity contribution in [2.24, 2.45) is 0 Å². The van der Waals surface area contributed by atoms with Gasteiger partial charge in [-0.3, -0.25) is 0 Å². The molecule has 0 aliphatic heterocycles. The van der Waals surface area contributed by atoms with Gasteiger partial charge in [-0.25, -0.2) is 14.2 Å². The van der Waals surface area contributed by atoms with Gasteiger partial charge in [-0.2, -0.15) is 0 Å². The minimum atomic E-state index is -0.908. The van der Waals surface area contributed by atoms with E-state index >= 15 is 0 Å². The highest BCUT2D eigenvalue weighted by Crippen LogP contribution is 2.27. The maximum atomic E-state index is 13.2. The van der Waals surface area contributed by atoms with Crippen molar-refractivity contribution < 1.29 is 13.9 Å². The average molecular weight is 245 g/mol. The van der Waals surface area contributed by atoms with E-state index in [4.69, 9.17) is 22.1 Å². The lowest BCUT2D eigenvalue weighted by Crippen LogP contribution is -2.12. The van der Waals surface area contributed by atoms with Crippen molar-refractivity contribution in [2.45, 2.75) is 13.3 Å². The van der Waals surface area contributed by atoms with Gasteiger partial charge < -0.3 is 10.5 Å². The Balaban J connectivity index is 2.95. The third kappa shape index (κ3) is 2.49. The van der Waals surface area contributed by atoms with Crippen LogP contribution in [-0.2, 0) is 4.79 Å². The molecule has 0 amide bonds. The molecule has 0 spiro atoms. The Morgan fingerprint density at radius 1 is 1.75 bits per heavy atom. The predicted molar refractivity (Wildman–Crippen MR) is 58.7 cm³/mol. The Hall–Kier alpha value is -1.62. The number of carbonyl (C=O) groups is 1. The monoisotopic (exact) mass is 244 g/mol. The van der Waals surface area contributed by atoms with Crippen molar-refractivity contribution in [3.63, 3.8) is 0 Å². The molecule has 0 aromatic carbocycles. The molecule has 1 aromatic heterocycles. The number of nitrogens with two attached hydrogens (primary N) is 1. The van der Waals surface area contributed by atoms with Crippen molar-refractivity contribution >= 4 is 23.3 Å². The minimum absolute atomic E-state index is 0.165. The number of hydrogen-bond donors (Lipinski definition) is 1. The first-order valence-electron chi connectivity index (χ1n) is 4.46. The molecule has 6 heteroatoms. The van der Waals surface area contributed by atoms with Crippen LogP contribution < -0.4 is 10.5 Å². The van der Waals surface area contributed by atoms with Crippen molar-refractivity contribution in [1.82, 2.24) is 4.98 Å². The topological polar surface area (TPSA) is 65.2 Å². The van der Waals surface area contributed by atoms with Gasteiger partial charge >= 0.3 is 5.97 Å². The number of carbonyl (C=O) groups excluding carboxylic acids is 1. The summed E-state index contributed by atoms with van der Waals surface area (Å²) in [5, 5.41) is -0.369. The molecule has 16 heavy (non-hydrogen) atoms. The molecule has 0 bridgehead atoms. The minimum Gasteiger partial charge on any atom is -0.419 e. The molecule has 1 heterocycles. The van der Waals surface area contributed by atoms with Crippen LogP contribution in [-0.4, -0.2) is 11.0 Å². The van der Waals surface area contributed by atoms with Crippen LogP contribution in [0.3, 0.4) is 0 Å². The summed E-state index contributed by atoms with van der Waals surface area (Å²) in [7, 11) is 0. The van der Waals surface area contributed by atoms with E-state index in [2.05, 4.69) is 11.6 Å². The molecule has 0 saturated heterocycles. The molecule has 1 rings (SSSR count). The number of esters is 1. The highest BCUT2D eigenvalue weighted by Gasteiger charge is 2.15. The first kappa shape index (κ1) is 12.4. The molecule has 0 unspecified atom stereocenters. The molecule has 1 aromatic rings. The molecule has 0 aliphatic carbocycles. The van der Waals surface area contributed by atoms with Gasteiger partial charge in [0, 0.05) is 5.57 Å². The number of hydrogen-bond acceptors (Lipinski definition) is 4. The first-order chi connectivity index (χ1) is 7.47. The lowest BCUT2D eigenvalue weighted by molar-refractivity contribution is -0.130. The second-order valence-corrected chi connectivity index (χ2v) is 3.35. The van der Waals surface area contributed by atoms with Gasteiger partial charge in [0.15, 0.2) is 16.7 Å². The zero-order valence-corrected chi connectivity index (χ0v) is 9.34. The van der Waals surface area contributed by atoms with E-state index in [1.807, 2.05) is 0 Å². The Morgan fingerprint density at radius 2 is 2.38 bits per heavy atom. The molecule has 0 saturated carbocycles. The number of pyridine rings is 1. The van der Waals surface area contributed by atoms with Gasteiger partial charge in [0.1, 0.15) is 5.69 Å². The molecule has 86 valence electrons. The number of halogens is 2. The number of aromatic nitrogens is 1. The second-order valence-electron chi connectivity index (χ2n) is 2.99. The number of nitrogens with zero attached hydrogens (tertiary/aromatic N) is 1. The summed E-state index contributed by atoms with van der Waals surface area (Å²) in [6, 6.07) is 0. The second kappa shape index (κ2) is 4.94. The zero-order valence-electron chi connectivity index (χ0n) is 8.59. The van der Waals surface area contributed by atoms with Crippen LogP contribution in [0.5, 0.6) is 5.75 Å². The van der Waals surface area contributed by atoms with Crippen LogP contribution in [0.2, 0.25) is 5.15 Å². The number of ether oxygens (including phenoxy) is 1. The standard InChI is InChI=1S/C10H10ClFN2O2/c1-3-5(2)10(15)16-6-4-14-9(11)7(12)8(6)13/h4H,2-3H2,1H3,(H2,13,14). The van der Waals surface area contributed by atoms with Crippen LogP contribution in [0.1, 0.15) is 13.3 Å². The van der Waals surface area contributed by atoms with Crippen LogP contribution in [0.25, 0.3) is 0 Å². The molecule has 4 nitrogen and oxygen atoms in total. The van der Waals surface area contributed by atoms with E-state index in [-0.39, 0.29) is 22.2 Å². The molecule has 0 fully saturated rings. The fraction of sp³-hybridized carbons (Fsp3) is 0.200. The Morgan fingerprint density at radius 3 is 2.94 bits per heavy atom. The average Bonchev–Trinajstić information content (AvgIpc) is 2.28. The van der Waals surface area contributed by atoms with Crippen molar-refractivity contribution in [3.05, 3.63) is 29.3 Å². The van der Waals surface area contributed by atoms with Crippen molar-refractivity contribution in [2.75, 3.05) is 5.73 Å². The van der Waals surface area contributed by atoms with E-state index < -0.39 is 11.8 Å². The van der Waals surface area contributed by atoms with Gasteiger partial charge in [0.2, 0.25) is 0 Å². The zero-order chi connectivity index (χ0) is 12.3. The smallest absolute Gasteiger partial charge is 0.338 e. The van der Waals surface area contributed by atoms with Crippen molar-refractivity contribution in [3.8, 4) is 5.75 Å². The number of anilines is 1. The fourth-order valence-electron chi connectivity index (χ4n) is 0.859. The van der Waals surface area contributed by atoms with E-state index in [1.54, 1.807) is 6.92 Å². The lowest BCUT2D eigenvalue weighted by atomic mass is 10.2. The maximum absolute atomic E-state index is 13.2. The Bertz CT molecular complexity index is 449. The lowest BCUT2D eigenvalue weighted by Gasteiger charge is -2.08. The number of nitrogen functional groups attached to an aromatic ring is 1. The van der Waals surface area contributed by atoms with Gasteiger partial charge in [-0.05, 0) is 6.42 Å². The SMILES string of the molecule is C=C(CC)C(=O)Oc1cnc(Cl)c(F)c1N. The molecule has 0 aliphatic rings. The van der Waals surface area contributed by atoms with Gasteiger partial charge in [0.25, 0.3) is 0 Å². The van der Waals surface area contributed by atoms with Crippen LogP contribution in [0, 0.1) is 5.82 Å². The van der Waals surface area contributed by atoms with Crippen molar-refractivity contribution in [1.29, 1.82) is 0 Å². The third-order valence-corrected chi connectivity index (χ3v) is 2.16. The largest absolute Gasteiger partial charge is 0.419 e. The third-order valence-electron chi connectivity index (χ3n) is 1.90. The number of rotatable bonds is 3. The summed E-state index contributed by atoms with van der Waals surface area (Å²) in [6.07, 6.45) is 1.52. The van der Waals surface area contributed by atoms with Crippen LogP contribution >= 0.6 is 11.6 Å². The van der Waals surface area contributed by atoms with E-state index in [0.29, 0.717) is 6.42 Å². The van der Waals surface area contributed by atoms with Crippen LogP contribution in [0.4, 0.5) is 10.1 Å². The quantitative estimate of drug-likeness (QED) is 0.503. The summed E-state index contributed by atoms with van der Waals surface area (Å²) in [5.74, 6) is -1.74. The fourth-order valence-corrected chi connectivity index (χ4v) is 1.01. The van der Waals surface area contributed by atoms with E-state index in [1.165, 1.54) is 0 Å². The molecular formula is C10H10ClFN2O2. The summed E-state index contributed by atoms with van der Waals surface area (Å²) < 4.78 is 18.0. The Labute approximate surface area is 96.9 Å². The molecular weight excluding hydrogens is 235 g/mol. The molecule has 0 radical (unpaired) electrons. The van der Waals surface area contributed by atoms with Gasteiger partial charge in [-0.15, -0.1) is 0 Å². The van der Waals surface area contributed by atoms with Gasteiger partial charge in [-0.1, -0.05) is 25.1 Å². The summed E-state index contributed by atoms with van der Waals surface area (Å²) in [5.41, 5.74) is 5.28. The van der Waals surface area contributed by atoms with E-state index in [9.17, 15) is 9.18 Å². The summed E-state index contributed by atoms with van der Waals surface area (Å²) in [4.78, 5) is 14.8.